The highest BCUT2D eigenvalue weighted by molar-refractivity contribution is 9.10. The Kier molecular flexibility index (Phi) is 7.46. The lowest BCUT2D eigenvalue weighted by atomic mass is 9.93. The molecule has 4 rings (SSSR count). The summed E-state index contributed by atoms with van der Waals surface area (Å²) in [6.07, 6.45) is 4.70. The minimum Gasteiger partial charge on any atom is -0.353 e. The third-order valence-electron chi connectivity index (χ3n) is 6.70. The van der Waals surface area contributed by atoms with E-state index in [-0.39, 0.29) is 11.8 Å². The minimum absolute atomic E-state index is 0.121. The highest BCUT2D eigenvalue weighted by atomic mass is 79.9. The molecule has 2 heterocycles. The van der Waals surface area contributed by atoms with Crippen molar-refractivity contribution in [3.63, 3.8) is 0 Å². The van der Waals surface area contributed by atoms with Gasteiger partial charge in [0.05, 0.1) is 5.92 Å². The first-order chi connectivity index (χ1) is 15.4. The molecule has 1 N–H and O–H groups in total. The van der Waals surface area contributed by atoms with Gasteiger partial charge in [0.2, 0.25) is 5.91 Å². The van der Waals surface area contributed by atoms with Crippen LogP contribution in [0.2, 0.25) is 0 Å². The molecule has 2 aromatic rings. The Morgan fingerprint density at radius 2 is 1.88 bits per heavy atom. The SMILES string of the molecule is CC(C)NCC[C@@H](C(=O)N1CCN(c2ncnc3c2[C@H](C)CC3)CC1)c1ccc(Br)cc1. The number of piperazine rings is 1. The van der Waals surface area contributed by atoms with E-state index in [4.69, 9.17) is 0 Å². The number of amides is 1. The standard InChI is InChI=1S/C25H34BrN5O/c1-17(2)27-11-10-21(19-5-7-20(26)8-6-19)25(32)31-14-12-30(13-15-31)24-23-18(3)4-9-22(23)28-16-29-24/h5-8,16-18,21,27H,4,9-15H2,1-3H3/t18-,21-/m1/s1. The third kappa shape index (κ3) is 5.15. The van der Waals surface area contributed by atoms with Crippen LogP contribution in [0.25, 0.3) is 0 Å². The fourth-order valence-corrected chi connectivity index (χ4v) is 5.14. The summed E-state index contributed by atoms with van der Waals surface area (Å²) in [5.41, 5.74) is 3.61. The molecule has 1 amide bonds. The Morgan fingerprint density at radius 3 is 2.56 bits per heavy atom. The predicted octanol–water partition coefficient (Wildman–Crippen LogP) is 4.11. The zero-order valence-electron chi connectivity index (χ0n) is 19.4. The van der Waals surface area contributed by atoms with Crippen molar-refractivity contribution in [1.29, 1.82) is 0 Å². The molecule has 1 fully saturated rings. The van der Waals surface area contributed by atoms with E-state index in [1.54, 1.807) is 6.33 Å². The summed E-state index contributed by atoms with van der Waals surface area (Å²) in [6, 6.07) is 8.62. The van der Waals surface area contributed by atoms with E-state index in [2.05, 4.69) is 69.0 Å². The van der Waals surface area contributed by atoms with Gasteiger partial charge in [0.25, 0.3) is 0 Å². The number of benzene rings is 1. The molecule has 0 saturated carbocycles. The lowest BCUT2D eigenvalue weighted by molar-refractivity contribution is -0.133. The van der Waals surface area contributed by atoms with Gasteiger partial charge < -0.3 is 15.1 Å². The van der Waals surface area contributed by atoms with Crippen LogP contribution in [-0.4, -0.2) is 59.5 Å². The van der Waals surface area contributed by atoms with Gasteiger partial charge in [-0.2, -0.15) is 0 Å². The molecule has 2 aliphatic rings. The number of anilines is 1. The number of carbonyl (C=O) groups is 1. The Hall–Kier alpha value is -1.99. The molecular formula is C25H34BrN5O. The Morgan fingerprint density at radius 1 is 1.16 bits per heavy atom. The molecule has 1 aliphatic heterocycles. The van der Waals surface area contributed by atoms with Gasteiger partial charge in [-0.3, -0.25) is 4.79 Å². The number of nitrogens with one attached hydrogen (secondary N) is 1. The quantitative estimate of drug-likeness (QED) is 0.620. The van der Waals surface area contributed by atoms with Crippen LogP contribution in [0.15, 0.2) is 35.1 Å². The van der Waals surface area contributed by atoms with Crippen molar-refractivity contribution in [3.8, 4) is 0 Å². The summed E-state index contributed by atoms with van der Waals surface area (Å²) in [5, 5.41) is 3.47. The maximum absolute atomic E-state index is 13.6. The average molecular weight is 500 g/mol. The van der Waals surface area contributed by atoms with E-state index in [0.29, 0.717) is 12.0 Å². The topological polar surface area (TPSA) is 61.4 Å². The number of carbonyl (C=O) groups excluding carboxylic acids is 1. The molecule has 7 heteroatoms. The number of aromatic nitrogens is 2. The number of fused-ring (bicyclic) bond motifs is 1. The van der Waals surface area contributed by atoms with E-state index >= 15 is 0 Å². The van der Waals surface area contributed by atoms with Gasteiger partial charge in [0.15, 0.2) is 0 Å². The largest absolute Gasteiger partial charge is 0.353 e. The summed E-state index contributed by atoms with van der Waals surface area (Å²) in [5.74, 6) is 1.71. The highest BCUT2D eigenvalue weighted by Gasteiger charge is 2.31. The smallest absolute Gasteiger partial charge is 0.230 e. The van der Waals surface area contributed by atoms with Gasteiger partial charge >= 0.3 is 0 Å². The second-order valence-corrected chi connectivity index (χ2v) is 10.2. The summed E-state index contributed by atoms with van der Waals surface area (Å²) in [7, 11) is 0. The van der Waals surface area contributed by atoms with Crippen LogP contribution in [0.1, 0.15) is 62.3 Å². The third-order valence-corrected chi connectivity index (χ3v) is 7.23. The van der Waals surface area contributed by atoms with E-state index < -0.39 is 0 Å². The second kappa shape index (κ2) is 10.3. The normalized spacial score (nSPS) is 19.3. The molecule has 0 bridgehead atoms. The molecule has 6 nitrogen and oxygen atoms in total. The van der Waals surface area contributed by atoms with Crippen LogP contribution in [0, 0.1) is 0 Å². The van der Waals surface area contributed by atoms with Gasteiger partial charge in [0, 0.05) is 48.0 Å². The summed E-state index contributed by atoms with van der Waals surface area (Å²) < 4.78 is 1.04. The van der Waals surface area contributed by atoms with Gasteiger partial charge in [-0.15, -0.1) is 0 Å². The molecule has 0 radical (unpaired) electrons. The van der Waals surface area contributed by atoms with Crippen molar-refractivity contribution in [2.45, 2.75) is 57.9 Å². The van der Waals surface area contributed by atoms with Crippen LogP contribution in [0.3, 0.4) is 0 Å². The first-order valence-corrected chi connectivity index (χ1v) is 12.6. The first kappa shape index (κ1) is 23.2. The van der Waals surface area contributed by atoms with Crippen LogP contribution in [-0.2, 0) is 11.2 Å². The van der Waals surface area contributed by atoms with E-state index in [1.807, 2.05) is 17.0 Å². The van der Waals surface area contributed by atoms with Crippen molar-refractivity contribution in [1.82, 2.24) is 20.2 Å². The van der Waals surface area contributed by atoms with Gasteiger partial charge in [0.1, 0.15) is 12.1 Å². The zero-order chi connectivity index (χ0) is 22.7. The minimum atomic E-state index is -0.121. The van der Waals surface area contributed by atoms with E-state index in [9.17, 15) is 4.79 Å². The monoisotopic (exact) mass is 499 g/mol. The Bertz CT molecular complexity index is 924. The molecule has 0 unspecified atom stereocenters. The number of hydrogen-bond acceptors (Lipinski definition) is 5. The van der Waals surface area contributed by atoms with Crippen molar-refractivity contribution >= 4 is 27.7 Å². The fraction of sp³-hybridized carbons (Fsp3) is 0.560. The lowest BCUT2D eigenvalue weighted by Crippen LogP contribution is -2.50. The number of hydrogen-bond donors (Lipinski definition) is 1. The first-order valence-electron chi connectivity index (χ1n) is 11.8. The van der Waals surface area contributed by atoms with E-state index in [1.165, 1.54) is 11.3 Å². The maximum Gasteiger partial charge on any atom is 0.230 e. The number of aryl methyl sites for hydroxylation is 1. The Balaban J connectivity index is 1.44. The maximum atomic E-state index is 13.6. The van der Waals surface area contributed by atoms with E-state index in [0.717, 1.165) is 67.8 Å². The Labute approximate surface area is 199 Å². The fourth-order valence-electron chi connectivity index (χ4n) is 4.88. The molecule has 1 saturated heterocycles. The number of rotatable bonds is 7. The number of halogens is 1. The zero-order valence-corrected chi connectivity index (χ0v) is 20.9. The van der Waals surface area contributed by atoms with Crippen LogP contribution in [0.4, 0.5) is 5.82 Å². The molecule has 1 aromatic heterocycles. The predicted molar refractivity (Wildman–Crippen MR) is 132 cm³/mol. The van der Waals surface area contributed by atoms with Crippen molar-refractivity contribution < 1.29 is 4.79 Å². The van der Waals surface area contributed by atoms with Gasteiger partial charge in [-0.05, 0) is 49.4 Å². The summed E-state index contributed by atoms with van der Waals surface area (Å²) in [4.78, 5) is 27.1. The molecule has 1 aliphatic carbocycles. The highest BCUT2D eigenvalue weighted by Crippen LogP contribution is 2.37. The van der Waals surface area contributed by atoms with Gasteiger partial charge in [-0.1, -0.05) is 48.8 Å². The van der Waals surface area contributed by atoms with Crippen molar-refractivity contribution in [2.75, 3.05) is 37.6 Å². The average Bonchev–Trinajstić information content (AvgIpc) is 3.18. The molecule has 0 spiro atoms. The van der Waals surface area contributed by atoms with Gasteiger partial charge in [-0.25, -0.2) is 9.97 Å². The molecule has 172 valence electrons. The summed E-state index contributed by atoms with van der Waals surface area (Å²) >= 11 is 3.51. The summed E-state index contributed by atoms with van der Waals surface area (Å²) in [6.45, 7) is 10.5. The van der Waals surface area contributed by atoms with Crippen LogP contribution in [0.5, 0.6) is 0 Å². The second-order valence-electron chi connectivity index (χ2n) is 9.31. The molecular weight excluding hydrogens is 466 g/mol. The molecule has 1 aromatic carbocycles. The molecule has 2 atom stereocenters. The van der Waals surface area contributed by atoms with Crippen LogP contribution < -0.4 is 10.2 Å². The number of nitrogens with zero attached hydrogens (tertiary/aromatic N) is 4. The van der Waals surface area contributed by atoms with Crippen molar-refractivity contribution in [2.24, 2.45) is 0 Å². The van der Waals surface area contributed by atoms with Crippen molar-refractivity contribution in [3.05, 3.63) is 51.9 Å². The lowest BCUT2D eigenvalue weighted by Gasteiger charge is -2.38. The molecule has 32 heavy (non-hydrogen) atoms. The van der Waals surface area contributed by atoms with Crippen LogP contribution >= 0.6 is 15.9 Å².